The van der Waals surface area contributed by atoms with Gasteiger partial charge in [0.05, 0.1) is 26.4 Å². The lowest BCUT2D eigenvalue weighted by Gasteiger charge is -2.02. The van der Waals surface area contributed by atoms with E-state index in [9.17, 15) is 0 Å². The van der Waals surface area contributed by atoms with Crippen molar-refractivity contribution in [1.29, 1.82) is 0 Å². The van der Waals surface area contributed by atoms with Crippen LogP contribution < -0.4 is 0 Å². The molecule has 0 atom stereocenters. The SMILES string of the molecule is OCCOCCCOCCO. The van der Waals surface area contributed by atoms with Gasteiger partial charge in [-0.05, 0) is 6.42 Å². The molecule has 0 aromatic heterocycles. The van der Waals surface area contributed by atoms with Crippen molar-refractivity contribution >= 4 is 0 Å². The maximum absolute atomic E-state index is 8.32. The summed E-state index contributed by atoms with van der Waals surface area (Å²) in [6.45, 7) is 2.12. The van der Waals surface area contributed by atoms with Crippen LogP contribution in [-0.2, 0) is 9.47 Å². The summed E-state index contributed by atoms with van der Waals surface area (Å²) >= 11 is 0. The molecule has 0 saturated carbocycles. The van der Waals surface area contributed by atoms with Gasteiger partial charge in [-0.1, -0.05) is 0 Å². The first kappa shape index (κ1) is 10.8. The summed E-state index contributed by atoms with van der Waals surface area (Å²) in [7, 11) is 0. The largest absolute Gasteiger partial charge is 0.394 e. The van der Waals surface area contributed by atoms with Crippen LogP contribution in [0.4, 0.5) is 0 Å². The Bertz CT molecular complexity index is 59.5. The zero-order valence-electron chi connectivity index (χ0n) is 6.66. The predicted octanol–water partition coefficient (Wildman–Crippen LogP) is -0.606. The molecule has 0 unspecified atom stereocenters. The van der Waals surface area contributed by atoms with Crippen LogP contribution in [0.25, 0.3) is 0 Å². The minimum Gasteiger partial charge on any atom is -0.394 e. The Morgan fingerprint density at radius 3 is 1.55 bits per heavy atom. The molecule has 2 N–H and O–H groups in total. The molecule has 0 aromatic carbocycles. The van der Waals surface area contributed by atoms with Crippen molar-refractivity contribution in [2.75, 3.05) is 39.6 Å². The first-order chi connectivity index (χ1) is 5.41. The number of aliphatic hydroxyl groups excluding tert-OH is 2. The van der Waals surface area contributed by atoms with Gasteiger partial charge in [-0.25, -0.2) is 0 Å². The molecule has 68 valence electrons. The van der Waals surface area contributed by atoms with Crippen molar-refractivity contribution < 1.29 is 19.7 Å². The molecule has 0 aliphatic rings. The highest BCUT2D eigenvalue weighted by Crippen LogP contribution is 1.84. The molecular weight excluding hydrogens is 148 g/mol. The molecule has 0 spiro atoms. The Morgan fingerprint density at radius 1 is 0.727 bits per heavy atom. The normalized spacial score (nSPS) is 10.4. The van der Waals surface area contributed by atoms with E-state index in [-0.39, 0.29) is 13.2 Å². The molecule has 0 saturated heterocycles. The maximum Gasteiger partial charge on any atom is 0.0697 e. The third-order valence-corrected chi connectivity index (χ3v) is 1.05. The standard InChI is InChI=1S/C7H16O4/c8-2-6-10-4-1-5-11-7-3-9/h8-9H,1-7H2. The molecule has 4 heteroatoms. The van der Waals surface area contributed by atoms with Gasteiger partial charge in [-0.2, -0.15) is 0 Å². The molecule has 0 heterocycles. The Labute approximate surface area is 66.7 Å². The van der Waals surface area contributed by atoms with Gasteiger partial charge in [-0.15, -0.1) is 0 Å². The van der Waals surface area contributed by atoms with Gasteiger partial charge >= 0.3 is 0 Å². The molecule has 0 bridgehead atoms. The van der Waals surface area contributed by atoms with Gasteiger partial charge in [0.1, 0.15) is 0 Å². The summed E-state index contributed by atoms with van der Waals surface area (Å²) in [5.74, 6) is 0. The van der Waals surface area contributed by atoms with E-state index >= 15 is 0 Å². The van der Waals surface area contributed by atoms with Crippen LogP contribution >= 0.6 is 0 Å². The molecule has 11 heavy (non-hydrogen) atoms. The molecule has 0 rings (SSSR count). The van der Waals surface area contributed by atoms with E-state index in [2.05, 4.69) is 0 Å². The summed E-state index contributed by atoms with van der Waals surface area (Å²) in [6, 6.07) is 0. The highest BCUT2D eigenvalue weighted by atomic mass is 16.5. The van der Waals surface area contributed by atoms with Gasteiger partial charge < -0.3 is 19.7 Å². The van der Waals surface area contributed by atoms with E-state index in [4.69, 9.17) is 19.7 Å². The minimum absolute atomic E-state index is 0.0670. The molecule has 0 fully saturated rings. The Kier molecular flexibility index (Phi) is 9.70. The predicted molar refractivity (Wildman–Crippen MR) is 40.4 cm³/mol. The summed E-state index contributed by atoms with van der Waals surface area (Å²) in [6.07, 6.45) is 0.806. The minimum atomic E-state index is 0.0670. The highest BCUT2D eigenvalue weighted by molar-refractivity contribution is 4.34. The van der Waals surface area contributed by atoms with Crippen molar-refractivity contribution in [3.05, 3.63) is 0 Å². The number of hydrogen-bond donors (Lipinski definition) is 2. The van der Waals surface area contributed by atoms with Crippen molar-refractivity contribution in [3.63, 3.8) is 0 Å². The van der Waals surface area contributed by atoms with Crippen LogP contribution in [0.1, 0.15) is 6.42 Å². The zero-order chi connectivity index (χ0) is 8.36. The van der Waals surface area contributed by atoms with Crippen LogP contribution in [0.2, 0.25) is 0 Å². The van der Waals surface area contributed by atoms with Crippen LogP contribution in [-0.4, -0.2) is 49.9 Å². The highest BCUT2D eigenvalue weighted by Gasteiger charge is 1.88. The lowest BCUT2D eigenvalue weighted by molar-refractivity contribution is 0.0526. The number of ether oxygens (including phenoxy) is 2. The van der Waals surface area contributed by atoms with E-state index in [1.807, 2.05) is 0 Å². The number of aliphatic hydroxyl groups is 2. The monoisotopic (exact) mass is 164 g/mol. The average molecular weight is 164 g/mol. The first-order valence-electron chi connectivity index (χ1n) is 3.79. The summed E-state index contributed by atoms with van der Waals surface area (Å²) < 4.78 is 9.94. The molecule has 0 aromatic rings. The van der Waals surface area contributed by atoms with Crippen LogP contribution in [0.5, 0.6) is 0 Å². The number of hydrogen-bond acceptors (Lipinski definition) is 4. The molecule has 0 aliphatic heterocycles. The quantitative estimate of drug-likeness (QED) is 0.470. The first-order valence-corrected chi connectivity index (χ1v) is 3.79. The zero-order valence-corrected chi connectivity index (χ0v) is 6.66. The average Bonchev–Trinajstić information content (AvgIpc) is 2.03. The van der Waals surface area contributed by atoms with Gasteiger partial charge in [0, 0.05) is 13.2 Å². The smallest absolute Gasteiger partial charge is 0.0697 e. The molecule has 0 amide bonds. The second kappa shape index (κ2) is 9.84. The second-order valence-corrected chi connectivity index (χ2v) is 2.03. The van der Waals surface area contributed by atoms with Crippen LogP contribution in [0, 0.1) is 0 Å². The molecule has 0 aliphatic carbocycles. The van der Waals surface area contributed by atoms with E-state index in [1.165, 1.54) is 0 Å². The third-order valence-electron chi connectivity index (χ3n) is 1.05. The summed E-state index contributed by atoms with van der Waals surface area (Å²) in [4.78, 5) is 0. The van der Waals surface area contributed by atoms with Crippen molar-refractivity contribution in [1.82, 2.24) is 0 Å². The summed E-state index contributed by atoms with van der Waals surface area (Å²) in [5.41, 5.74) is 0. The Morgan fingerprint density at radius 2 is 1.18 bits per heavy atom. The van der Waals surface area contributed by atoms with E-state index in [0.717, 1.165) is 6.42 Å². The van der Waals surface area contributed by atoms with E-state index < -0.39 is 0 Å². The van der Waals surface area contributed by atoms with Crippen LogP contribution in [0.15, 0.2) is 0 Å². The second-order valence-electron chi connectivity index (χ2n) is 2.03. The van der Waals surface area contributed by atoms with E-state index in [0.29, 0.717) is 26.4 Å². The fraction of sp³-hybridized carbons (Fsp3) is 1.00. The van der Waals surface area contributed by atoms with Crippen molar-refractivity contribution in [2.24, 2.45) is 0 Å². The van der Waals surface area contributed by atoms with Crippen molar-refractivity contribution in [2.45, 2.75) is 6.42 Å². The summed E-state index contributed by atoms with van der Waals surface area (Å²) in [5, 5.41) is 16.6. The topological polar surface area (TPSA) is 58.9 Å². The van der Waals surface area contributed by atoms with Crippen LogP contribution in [0.3, 0.4) is 0 Å². The van der Waals surface area contributed by atoms with Gasteiger partial charge in [-0.3, -0.25) is 0 Å². The fourth-order valence-corrected chi connectivity index (χ4v) is 0.596. The van der Waals surface area contributed by atoms with Crippen molar-refractivity contribution in [3.8, 4) is 0 Å². The van der Waals surface area contributed by atoms with Gasteiger partial charge in [0.25, 0.3) is 0 Å². The Balaban J connectivity index is 2.69. The lowest BCUT2D eigenvalue weighted by atomic mass is 10.5. The Hall–Kier alpha value is -0.160. The lowest BCUT2D eigenvalue weighted by Crippen LogP contribution is -2.06. The third kappa shape index (κ3) is 9.84. The maximum atomic E-state index is 8.32. The van der Waals surface area contributed by atoms with E-state index in [1.54, 1.807) is 0 Å². The van der Waals surface area contributed by atoms with Gasteiger partial charge in [0.15, 0.2) is 0 Å². The molecule has 0 radical (unpaired) electrons. The number of rotatable bonds is 8. The fourth-order valence-electron chi connectivity index (χ4n) is 0.596. The molecular formula is C7H16O4. The van der Waals surface area contributed by atoms with Gasteiger partial charge in [0.2, 0.25) is 0 Å². The molecule has 4 nitrogen and oxygen atoms in total.